The molecule has 0 saturated carbocycles. The highest BCUT2D eigenvalue weighted by Crippen LogP contribution is 2.27. The van der Waals surface area contributed by atoms with Crippen LogP contribution in [0, 0.1) is 19.8 Å². The molecule has 0 bridgehead atoms. The van der Waals surface area contributed by atoms with Crippen LogP contribution in [0.3, 0.4) is 0 Å². The molecular formula is C24H28ClN3. The molecular weight excluding hydrogens is 366 g/mol. The van der Waals surface area contributed by atoms with Gasteiger partial charge in [0, 0.05) is 11.6 Å². The summed E-state index contributed by atoms with van der Waals surface area (Å²) in [6.07, 6.45) is 4.83. The van der Waals surface area contributed by atoms with Crippen molar-refractivity contribution in [2.24, 2.45) is 5.92 Å². The molecule has 28 heavy (non-hydrogen) atoms. The van der Waals surface area contributed by atoms with Crippen molar-refractivity contribution in [3.05, 3.63) is 70.0 Å². The third-order valence-corrected chi connectivity index (χ3v) is 6.09. The zero-order chi connectivity index (χ0) is 19.7. The summed E-state index contributed by atoms with van der Waals surface area (Å²) in [6.45, 7) is 9.54. The third kappa shape index (κ3) is 4.01. The molecule has 2 heterocycles. The van der Waals surface area contributed by atoms with E-state index in [1.165, 1.54) is 40.6 Å². The molecule has 146 valence electrons. The van der Waals surface area contributed by atoms with Crippen LogP contribution in [0.4, 0.5) is 0 Å². The first-order valence-electron chi connectivity index (χ1n) is 10.1. The van der Waals surface area contributed by atoms with E-state index in [1.54, 1.807) is 0 Å². The van der Waals surface area contributed by atoms with Gasteiger partial charge in [0.05, 0.1) is 11.0 Å². The van der Waals surface area contributed by atoms with Crippen LogP contribution >= 0.6 is 11.6 Å². The number of rotatable bonds is 4. The van der Waals surface area contributed by atoms with Crippen molar-refractivity contribution in [2.45, 2.75) is 40.2 Å². The number of imidazole rings is 1. The average molecular weight is 394 g/mol. The summed E-state index contributed by atoms with van der Waals surface area (Å²) in [6, 6.07) is 12.6. The van der Waals surface area contributed by atoms with Crippen molar-refractivity contribution in [3.63, 3.8) is 0 Å². The van der Waals surface area contributed by atoms with Crippen molar-refractivity contribution in [2.75, 3.05) is 13.1 Å². The van der Waals surface area contributed by atoms with Gasteiger partial charge in [-0.3, -0.25) is 0 Å². The van der Waals surface area contributed by atoms with Gasteiger partial charge in [0.2, 0.25) is 0 Å². The number of benzene rings is 2. The van der Waals surface area contributed by atoms with E-state index in [9.17, 15) is 0 Å². The number of piperidine rings is 1. The molecule has 2 aromatic carbocycles. The number of aryl methyl sites for hydroxylation is 2. The van der Waals surface area contributed by atoms with Gasteiger partial charge < -0.3 is 9.88 Å². The Morgan fingerprint density at radius 3 is 2.54 bits per heavy atom. The van der Waals surface area contributed by atoms with E-state index >= 15 is 0 Å². The molecule has 3 nitrogen and oxygen atoms in total. The van der Waals surface area contributed by atoms with E-state index in [0.29, 0.717) is 5.92 Å². The number of hydrogen-bond donors (Lipinski definition) is 1. The Morgan fingerprint density at radius 1 is 1.14 bits per heavy atom. The Balaban J connectivity index is 1.79. The van der Waals surface area contributed by atoms with Gasteiger partial charge in [-0.25, -0.2) is 4.98 Å². The highest BCUT2D eigenvalue weighted by Gasteiger charge is 2.16. The lowest BCUT2D eigenvalue weighted by Gasteiger charge is -2.20. The maximum Gasteiger partial charge on any atom is 0.136 e. The lowest BCUT2D eigenvalue weighted by Crippen LogP contribution is -2.26. The fourth-order valence-corrected chi connectivity index (χ4v) is 4.18. The number of allylic oxidation sites excluding steroid dienone is 2. The topological polar surface area (TPSA) is 29.9 Å². The number of hydrogen-bond acceptors (Lipinski definition) is 2. The number of halogens is 1. The van der Waals surface area contributed by atoms with Crippen LogP contribution < -0.4 is 5.32 Å². The molecule has 0 radical (unpaired) electrons. The third-order valence-electron chi connectivity index (χ3n) is 5.84. The molecule has 0 amide bonds. The molecule has 1 fully saturated rings. The number of fused-ring (bicyclic) bond motifs is 1. The zero-order valence-corrected chi connectivity index (χ0v) is 17.7. The number of nitrogens with one attached hydrogen (secondary N) is 1. The smallest absolute Gasteiger partial charge is 0.136 e. The number of aromatic nitrogens is 2. The molecule has 1 N–H and O–H groups in total. The molecule has 0 spiro atoms. The van der Waals surface area contributed by atoms with Crippen LogP contribution in [0.15, 0.2) is 42.5 Å². The largest absolute Gasteiger partial charge is 0.320 e. The van der Waals surface area contributed by atoms with Crippen molar-refractivity contribution in [1.29, 1.82) is 0 Å². The minimum atomic E-state index is 0.633. The first kappa shape index (κ1) is 19.2. The van der Waals surface area contributed by atoms with Gasteiger partial charge in [-0.05, 0) is 99.1 Å². The van der Waals surface area contributed by atoms with E-state index in [4.69, 9.17) is 16.6 Å². The van der Waals surface area contributed by atoms with Crippen LogP contribution in [0.5, 0.6) is 0 Å². The highest BCUT2D eigenvalue weighted by atomic mass is 35.5. The average Bonchev–Trinajstić information content (AvgIpc) is 3.02. The summed E-state index contributed by atoms with van der Waals surface area (Å²) >= 11 is 6.08. The van der Waals surface area contributed by atoms with Crippen LogP contribution in [0.1, 0.15) is 42.3 Å². The monoisotopic (exact) mass is 393 g/mol. The summed E-state index contributed by atoms with van der Waals surface area (Å²) in [5, 5.41) is 4.22. The number of nitrogens with zero attached hydrogens (tertiary/aromatic N) is 2. The van der Waals surface area contributed by atoms with Gasteiger partial charge in [-0.15, -0.1) is 0 Å². The van der Waals surface area contributed by atoms with Gasteiger partial charge in [-0.2, -0.15) is 0 Å². The lowest BCUT2D eigenvalue weighted by atomic mass is 9.95. The Morgan fingerprint density at radius 2 is 1.82 bits per heavy atom. The Labute approximate surface area is 172 Å². The second-order valence-corrected chi connectivity index (χ2v) is 8.45. The Kier molecular flexibility index (Phi) is 5.56. The zero-order valence-electron chi connectivity index (χ0n) is 16.9. The lowest BCUT2D eigenvalue weighted by molar-refractivity contribution is 0.437. The van der Waals surface area contributed by atoms with Gasteiger partial charge >= 0.3 is 0 Å². The predicted molar refractivity (Wildman–Crippen MR) is 119 cm³/mol. The summed E-state index contributed by atoms with van der Waals surface area (Å²) in [4.78, 5) is 5.05. The molecule has 1 aromatic heterocycles. The molecule has 3 aromatic rings. The maximum atomic E-state index is 6.08. The van der Waals surface area contributed by atoms with Crippen molar-refractivity contribution in [1.82, 2.24) is 14.9 Å². The second kappa shape index (κ2) is 8.10. The quantitative estimate of drug-likeness (QED) is 0.610. The first-order valence-corrected chi connectivity index (χ1v) is 10.5. The van der Waals surface area contributed by atoms with E-state index in [0.717, 1.165) is 36.0 Å². The summed E-state index contributed by atoms with van der Waals surface area (Å²) < 4.78 is 2.36. The second-order valence-electron chi connectivity index (χ2n) is 8.01. The Bertz CT molecular complexity index is 1010. The standard InChI is InChI=1S/C24H28ClN3/c1-16-13-22-23(14-17(16)2)28(15-20-4-6-21(25)7-5-20)24(27-22)18(3)12-19-8-10-26-11-9-19/h4-7,12-14,19,26H,8-11,15H2,1-3H3. The molecule has 1 aliphatic rings. The van der Waals surface area contributed by atoms with Crippen LogP contribution in [-0.2, 0) is 6.54 Å². The molecule has 1 aliphatic heterocycles. The predicted octanol–water partition coefficient (Wildman–Crippen LogP) is 5.76. The normalized spacial score (nSPS) is 16.1. The van der Waals surface area contributed by atoms with Gasteiger partial charge in [-0.1, -0.05) is 29.8 Å². The molecule has 0 unspecified atom stereocenters. The minimum absolute atomic E-state index is 0.633. The van der Waals surface area contributed by atoms with E-state index in [1.807, 2.05) is 12.1 Å². The van der Waals surface area contributed by atoms with E-state index in [2.05, 4.69) is 61.0 Å². The molecule has 4 heteroatoms. The van der Waals surface area contributed by atoms with Crippen LogP contribution in [0.2, 0.25) is 5.02 Å². The van der Waals surface area contributed by atoms with Crippen molar-refractivity contribution >= 4 is 28.2 Å². The Hall–Kier alpha value is -2.10. The highest BCUT2D eigenvalue weighted by molar-refractivity contribution is 6.30. The first-order chi connectivity index (χ1) is 13.5. The molecule has 4 rings (SSSR count). The van der Waals surface area contributed by atoms with Crippen LogP contribution in [-0.4, -0.2) is 22.6 Å². The van der Waals surface area contributed by atoms with Gasteiger partial charge in [0.25, 0.3) is 0 Å². The maximum absolute atomic E-state index is 6.08. The van der Waals surface area contributed by atoms with Gasteiger partial charge in [0.15, 0.2) is 0 Å². The minimum Gasteiger partial charge on any atom is -0.320 e. The summed E-state index contributed by atoms with van der Waals surface area (Å²) in [7, 11) is 0. The molecule has 1 saturated heterocycles. The summed E-state index contributed by atoms with van der Waals surface area (Å²) in [5.74, 6) is 1.71. The molecule has 0 aliphatic carbocycles. The fraction of sp³-hybridized carbons (Fsp3) is 0.375. The van der Waals surface area contributed by atoms with Gasteiger partial charge in [0.1, 0.15) is 5.82 Å². The van der Waals surface area contributed by atoms with E-state index in [-0.39, 0.29) is 0 Å². The fourth-order valence-electron chi connectivity index (χ4n) is 4.05. The van der Waals surface area contributed by atoms with Crippen LogP contribution in [0.25, 0.3) is 16.6 Å². The van der Waals surface area contributed by atoms with Crippen molar-refractivity contribution < 1.29 is 0 Å². The van der Waals surface area contributed by atoms with Crippen molar-refractivity contribution in [3.8, 4) is 0 Å². The SMILES string of the molecule is CC(=CC1CCNCC1)c1nc2cc(C)c(C)cc2n1Cc1ccc(Cl)cc1. The van der Waals surface area contributed by atoms with E-state index < -0.39 is 0 Å². The molecule has 0 atom stereocenters. The summed E-state index contributed by atoms with van der Waals surface area (Å²) in [5.41, 5.74) is 7.37.